The molecule has 0 unspecified atom stereocenters. The van der Waals surface area contributed by atoms with Gasteiger partial charge in [0, 0.05) is 23.5 Å². The summed E-state index contributed by atoms with van der Waals surface area (Å²) in [6.07, 6.45) is -0.0467. The number of rotatable bonds is 6. The van der Waals surface area contributed by atoms with E-state index in [1.807, 2.05) is 36.4 Å². The van der Waals surface area contributed by atoms with Crippen LogP contribution in [0.15, 0.2) is 84.9 Å². The van der Waals surface area contributed by atoms with Gasteiger partial charge < -0.3 is 9.47 Å². The molecule has 0 fully saturated rings. The van der Waals surface area contributed by atoms with Crippen molar-refractivity contribution in [3.05, 3.63) is 107 Å². The van der Waals surface area contributed by atoms with Crippen molar-refractivity contribution in [2.24, 2.45) is 0 Å². The molecule has 0 amide bonds. The lowest BCUT2D eigenvalue weighted by atomic mass is 9.74. The maximum atomic E-state index is 13.8. The SMILES string of the molecule is CC(C)(C)OC(=O)[C@]1([C@H](CC(=O)c2ccccc2)c2ccccc2)OC(=O)c2ccccc21. The lowest BCUT2D eigenvalue weighted by Gasteiger charge is -2.36. The van der Waals surface area contributed by atoms with Crippen LogP contribution in [-0.2, 0) is 19.9 Å². The van der Waals surface area contributed by atoms with Gasteiger partial charge in [0.05, 0.1) is 5.56 Å². The highest BCUT2D eigenvalue weighted by molar-refractivity contribution is 6.03. The number of fused-ring (bicyclic) bond motifs is 1. The summed E-state index contributed by atoms with van der Waals surface area (Å²) < 4.78 is 11.7. The van der Waals surface area contributed by atoms with Gasteiger partial charge in [-0.25, -0.2) is 9.59 Å². The molecule has 0 saturated carbocycles. The molecule has 0 spiro atoms. The zero-order valence-corrected chi connectivity index (χ0v) is 18.9. The monoisotopic (exact) mass is 442 g/mol. The van der Waals surface area contributed by atoms with E-state index in [1.54, 1.807) is 69.3 Å². The van der Waals surface area contributed by atoms with Crippen LogP contribution in [0.4, 0.5) is 0 Å². The average molecular weight is 443 g/mol. The van der Waals surface area contributed by atoms with Crippen molar-refractivity contribution in [1.82, 2.24) is 0 Å². The highest BCUT2D eigenvalue weighted by Gasteiger charge is 2.59. The number of Topliss-reactive ketones (excluding diaryl/α,β-unsaturated/α-hetero) is 1. The van der Waals surface area contributed by atoms with Crippen molar-refractivity contribution in [1.29, 1.82) is 0 Å². The summed E-state index contributed by atoms with van der Waals surface area (Å²) in [5, 5.41) is 0. The number of ketones is 1. The minimum Gasteiger partial charge on any atom is -0.457 e. The molecule has 3 aromatic carbocycles. The molecular formula is C28H26O5. The molecule has 1 aliphatic heterocycles. The molecule has 5 nitrogen and oxygen atoms in total. The predicted molar refractivity (Wildman–Crippen MR) is 124 cm³/mol. The Hall–Kier alpha value is -3.73. The van der Waals surface area contributed by atoms with E-state index in [1.165, 1.54) is 0 Å². The van der Waals surface area contributed by atoms with Crippen molar-refractivity contribution >= 4 is 17.7 Å². The largest absolute Gasteiger partial charge is 0.457 e. The van der Waals surface area contributed by atoms with Crippen molar-refractivity contribution in [3.8, 4) is 0 Å². The van der Waals surface area contributed by atoms with Crippen LogP contribution >= 0.6 is 0 Å². The van der Waals surface area contributed by atoms with Gasteiger partial charge in [0.2, 0.25) is 5.60 Å². The van der Waals surface area contributed by atoms with E-state index >= 15 is 0 Å². The van der Waals surface area contributed by atoms with Crippen LogP contribution in [-0.4, -0.2) is 23.3 Å². The molecule has 2 atom stereocenters. The summed E-state index contributed by atoms with van der Waals surface area (Å²) >= 11 is 0. The highest BCUT2D eigenvalue weighted by atomic mass is 16.6. The van der Waals surface area contributed by atoms with Crippen LogP contribution in [0.1, 0.15) is 65.0 Å². The minimum absolute atomic E-state index is 0.0467. The maximum Gasteiger partial charge on any atom is 0.356 e. The Morgan fingerprint density at radius 3 is 2.09 bits per heavy atom. The number of benzene rings is 3. The molecule has 4 rings (SSSR count). The second-order valence-electron chi connectivity index (χ2n) is 9.13. The molecule has 0 bridgehead atoms. The van der Waals surface area contributed by atoms with Crippen LogP contribution in [0.25, 0.3) is 0 Å². The van der Waals surface area contributed by atoms with Crippen molar-refractivity contribution in [3.63, 3.8) is 0 Å². The number of carbonyl (C=O) groups excluding carboxylic acids is 3. The summed E-state index contributed by atoms with van der Waals surface area (Å²) in [7, 11) is 0. The van der Waals surface area contributed by atoms with Gasteiger partial charge in [-0.1, -0.05) is 78.9 Å². The van der Waals surface area contributed by atoms with Crippen LogP contribution in [0, 0.1) is 0 Å². The fraction of sp³-hybridized carbons (Fsp3) is 0.250. The third kappa shape index (κ3) is 4.31. The third-order valence-corrected chi connectivity index (χ3v) is 5.68. The molecule has 0 radical (unpaired) electrons. The zero-order chi connectivity index (χ0) is 23.6. The predicted octanol–water partition coefficient (Wildman–Crippen LogP) is 5.45. The standard InChI is InChI=1S/C28H26O5/c1-27(2,3)33-26(31)28(22-17-11-10-16-21(22)25(30)32-28)23(19-12-6-4-7-13-19)18-24(29)20-14-8-5-9-15-20/h4-17,23H,18H2,1-3H3/t23-,28+/m1/s1. The second-order valence-corrected chi connectivity index (χ2v) is 9.13. The van der Waals surface area contributed by atoms with Gasteiger partial charge in [0.25, 0.3) is 0 Å². The second kappa shape index (κ2) is 8.66. The number of cyclic esters (lactones) is 1. The van der Waals surface area contributed by atoms with Gasteiger partial charge in [-0.3, -0.25) is 4.79 Å². The molecule has 0 aliphatic carbocycles. The molecule has 5 heteroatoms. The summed E-state index contributed by atoms with van der Waals surface area (Å²) in [6.45, 7) is 5.27. The lowest BCUT2D eigenvalue weighted by molar-refractivity contribution is -0.180. The molecule has 0 saturated heterocycles. The Morgan fingerprint density at radius 2 is 1.45 bits per heavy atom. The van der Waals surface area contributed by atoms with E-state index in [0.717, 1.165) is 0 Å². The maximum absolute atomic E-state index is 13.8. The van der Waals surface area contributed by atoms with Crippen LogP contribution in [0.5, 0.6) is 0 Å². The van der Waals surface area contributed by atoms with E-state index < -0.39 is 29.1 Å². The summed E-state index contributed by atoms with van der Waals surface area (Å²) in [5.41, 5.74) is -0.659. The first-order valence-electron chi connectivity index (χ1n) is 10.9. The van der Waals surface area contributed by atoms with Crippen LogP contribution in [0.2, 0.25) is 0 Å². The minimum atomic E-state index is -1.78. The van der Waals surface area contributed by atoms with E-state index in [4.69, 9.17) is 9.47 Å². The third-order valence-electron chi connectivity index (χ3n) is 5.68. The summed E-state index contributed by atoms with van der Waals surface area (Å²) in [5.74, 6) is -2.24. The first kappa shape index (κ1) is 22.5. The first-order valence-corrected chi connectivity index (χ1v) is 10.9. The number of hydrogen-bond donors (Lipinski definition) is 0. The topological polar surface area (TPSA) is 69.7 Å². The Bertz CT molecular complexity index is 1180. The Balaban J connectivity index is 1.90. The number of hydrogen-bond acceptors (Lipinski definition) is 5. The number of esters is 2. The molecule has 1 heterocycles. The van der Waals surface area contributed by atoms with E-state index in [0.29, 0.717) is 22.3 Å². The van der Waals surface area contributed by atoms with E-state index in [-0.39, 0.29) is 12.2 Å². The van der Waals surface area contributed by atoms with Crippen LogP contribution in [0.3, 0.4) is 0 Å². The molecule has 1 aliphatic rings. The Labute approximate surface area is 193 Å². The van der Waals surface area contributed by atoms with E-state index in [9.17, 15) is 14.4 Å². The first-order chi connectivity index (χ1) is 15.7. The molecule has 168 valence electrons. The number of carbonyl (C=O) groups is 3. The van der Waals surface area contributed by atoms with Crippen molar-refractivity contribution in [2.75, 3.05) is 0 Å². The van der Waals surface area contributed by atoms with Gasteiger partial charge in [-0.15, -0.1) is 0 Å². The molecular weight excluding hydrogens is 416 g/mol. The fourth-order valence-electron chi connectivity index (χ4n) is 4.26. The highest BCUT2D eigenvalue weighted by Crippen LogP contribution is 2.50. The molecule has 0 aromatic heterocycles. The summed E-state index contributed by atoms with van der Waals surface area (Å²) in [6, 6.07) is 24.9. The fourth-order valence-corrected chi connectivity index (χ4v) is 4.26. The smallest absolute Gasteiger partial charge is 0.356 e. The van der Waals surface area contributed by atoms with Crippen LogP contribution < -0.4 is 0 Å². The van der Waals surface area contributed by atoms with Crippen molar-refractivity contribution in [2.45, 2.75) is 44.3 Å². The number of ether oxygens (including phenoxy) is 2. The zero-order valence-electron chi connectivity index (χ0n) is 18.9. The summed E-state index contributed by atoms with van der Waals surface area (Å²) in [4.78, 5) is 40.1. The van der Waals surface area contributed by atoms with E-state index in [2.05, 4.69) is 0 Å². The van der Waals surface area contributed by atoms with Gasteiger partial charge >= 0.3 is 11.9 Å². The van der Waals surface area contributed by atoms with Gasteiger partial charge in [-0.05, 0) is 32.4 Å². The Kier molecular flexibility index (Phi) is 5.90. The van der Waals surface area contributed by atoms with Gasteiger partial charge in [0.15, 0.2) is 5.78 Å². The molecule has 33 heavy (non-hydrogen) atoms. The Morgan fingerprint density at radius 1 is 0.879 bits per heavy atom. The average Bonchev–Trinajstić information content (AvgIpc) is 3.11. The lowest BCUT2D eigenvalue weighted by Crippen LogP contribution is -2.46. The van der Waals surface area contributed by atoms with Crippen molar-refractivity contribution < 1.29 is 23.9 Å². The molecule has 0 N–H and O–H groups in total. The van der Waals surface area contributed by atoms with Gasteiger partial charge in [-0.2, -0.15) is 0 Å². The quantitative estimate of drug-likeness (QED) is 0.375. The normalized spacial score (nSPS) is 18.2. The molecule has 3 aromatic rings. The van der Waals surface area contributed by atoms with Gasteiger partial charge in [0.1, 0.15) is 5.60 Å².